The maximum absolute atomic E-state index is 12.1. The van der Waals surface area contributed by atoms with E-state index in [1.54, 1.807) is 37.7 Å². The van der Waals surface area contributed by atoms with Crippen molar-refractivity contribution in [3.8, 4) is 5.75 Å². The third-order valence-electron chi connectivity index (χ3n) is 4.15. The van der Waals surface area contributed by atoms with Gasteiger partial charge in [-0.05, 0) is 37.1 Å². The minimum atomic E-state index is -0.107. The zero-order valence-corrected chi connectivity index (χ0v) is 14.4. The SMILES string of the molecule is COc1ccc(C(=O)NCCNc2cc(N3CCCC3)ncn2)cc1. The zero-order chi connectivity index (χ0) is 17.5. The van der Waals surface area contributed by atoms with Crippen molar-refractivity contribution in [2.75, 3.05) is 43.5 Å². The van der Waals surface area contributed by atoms with Gasteiger partial charge >= 0.3 is 0 Å². The van der Waals surface area contributed by atoms with Gasteiger partial charge in [-0.1, -0.05) is 0 Å². The molecule has 1 amide bonds. The molecule has 2 heterocycles. The van der Waals surface area contributed by atoms with Crippen molar-refractivity contribution >= 4 is 17.5 Å². The Morgan fingerprint density at radius 2 is 1.92 bits per heavy atom. The van der Waals surface area contributed by atoms with Gasteiger partial charge in [0.15, 0.2) is 0 Å². The quantitative estimate of drug-likeness (QED) is 0.749. The Labute approximate surface area is 147 Å². The Morgan fingerprint density at radius 3 is 2.64 bits per heavy atom. The summed E-state index contributed by atoms with van der Waals surface area (Å²) in [5.74, 6) is 2.36. The number of nitrogens with zero attached hydrogens (tertiary/aromatic N) is 3. The van der Waals surface area contributed by atoms with Crippen LogP contribution < -0.4 is 20.3 Å². The molecule has 0 saturated carbocycles. The van der Waals surface area contributed by atoms with E-state index in [4.69, 9.17) is 4.74 Å². The molecule has 0 bridgehead atoms. The summed E-state index contributed by atoms with van der Waals surface area (Å²) in [6, 6.07) is 8.99. The van der Waals surface area contributed by atoms with Crippen molar-refractivity contribution in [2.45, 2.75) is 12.8 Å². The fourth-order valence-corrected chi connectivity index (χ4v) is 2.77. The number of hydrogen-bond acceptors (Lipinski definition) is 6. The fraction of sp³-hybridized carbons (Fsp3) is 0.389. The minimum Gasteiger partial charge on any atom is -0.497 e. The molecular formula is C18H23N5O2. The van der Waals surface area contributed by atoms with E-state index in [0.717, 1.165) is 30.5 Å². The smallest absolute Gasteiger partial charge is 0.251 e. The number of rotatable bonds is 7. The number of benzene rings is 1. The van der Waals surface area contributed by atoms with E-state index in [1.807, 2.05) is 6.07 Å². The lowest BCUT2D eigenvalue weighted by Crippen LogP contribution is -2.29. The van der Waals surface area contributed by atoms with Crippen LogP contribution in [0.25, 0.3) is 0 Å². The van der Waals surface area contributed by atoms with Crippen molar-refractivity contribution in [1.82, 2.24) is 15.3 Å². The molecule has 1 aliphatic rings. The van der Waals surface area contributed by atoms with Crippen LogP contribution in [0, 0.1) is 0 Å². The van der Waals surface area contributed by atoms with E-state index in [1.165, 1.54) is 12.8 Å². The number of ether oxygens (including phenoxy) is 1. The highest BCUT2D eigenvalue weighted by Crippen LogP contribution is 2.19. The Bertz CT molecular complexity index is 699. The van der Waals surface area contributed by atoms with Crippen LogP contribution in [0.4, 0.5) is 11.6 Å². The molecule has 1 aromatic heterocycles. The average molecular weight is 341 g/mol. The molecule has 1 saturated heterocycles. The Balaban J connectivity index is 1.44. The molecule has 1 aliphatic heterocycles. The number of amides is 1. The predicted molar refractivity (Wildman–Crippen MR) is 97.3 cm³/mol. The van der Waals surface area contributed by atoms with Gasteiger partial charge in [0.25, 0.3) is 5.91 Å². The van der Waals surface area contributed by atoms with E-state index in [-0.39, 0.29) is 5.91 Å². The second-order valence-electron chi connectivity index (χ2n) is 5.87. The topological polar surface area (TPSA) is 79.4 Å². The van der Waals surface area contributed by atoms with Crippen molar-refractivity contribution in [1.29, 1.82) is 0 Å². The average Bonchev–Trinajstić information content (AvgIpc) is 3.20. The molecule has 0 unspecified atom stereocenters. The van der Waals surface area contributed by atoms with Gasteiger partial charge in [-0.25, -0.2) is 9.97 Å². The molecule has 0 atom stereocenters. The van der Waals surface area contributed by atoms with Crippen LogP contribution in [0.1, 0.15) is 23.2 Å². The Kier molecular flexibility index (Phi) is 5.66. The molecular weight excluding hydrogens is 318 g/mol. The molecule has 7 nitrogen and oxygen atoms in total. The first-order valence-corrected chi connectivity index (χ1v) is 8.49. The summed E-state index contributed by atoms with van der Waals surface area (Å²) < 4.78 is 5.09. The molecule has 2 N–H and O–H groups in total. The first-order chi connectivity index (χ1) is 12.3. The monoisotopic (exact) mass is 341 g/mol. The normalized spacial score (nSPS) is 13.6. The number of anilines is 2. The van der Waals surface area contributed by atoms with Crippen molar-refractivity contribution < 1.29 is 9.53 Å². The third kappa shape index (κ3) is 4.59. The number of nitrogens with one attached hydrogen (secondary N) is 2. The predicted octanol–water partition coefficient (Wildman–Crippen LogP) is 1.93. The molecule has 3 rings (SSSR count). The third-order valence-corrected chi connectivity index (χ3v) is 4.15. The summed E-state index contributed by atoms with van der Waals surface area (Å²) in [6.07, 6.45) is 4.00. The van der Waals surface area contributed by atoms with Gasteiger partial charge in [-0.3, -0.25) is 4.79 Å². The molecule has 0 spiro atoms. The molecule has 2 aromatic rings. The van der Waals surface area contributed by atoms with Crippen LogP contribution in [0.5, 0.6) is 5.75 Å². The van der Waals surface area contributed by atoms with Crippen LogP contribution in [0.3, 0.4) is 0 Å². The summed E-state index contributed by atoms with van der Waals surface area (Å²) in [5, 5.41) is 6.10. The van der Waals surface area contributed by atoms with Crippen molar-refractivity contribution in [3.63, 3.8) is 0 Å². The van der Waals surface area contributed by atoms with Gasteiger partial charge in [0, 0.05) is 37.8 Å². The van der Waals surface area contributed by atoms with E-state index < -0.39 is 0 Å². The second-order valence-corrected chi connectivity index (χ2v) is 5.87. The van der Waals surface area contributed by atoms with Crippen LogP contribution >= 0.6 is 0 Å². The largest absolute Gasteiger partial charge is 0.497 e. The number of hydrogen-bond donors (Lipinski definition) is 2. The molecule has 1 fully saturated rings. The van der Waals surface area contributed by atoms with Crippen LogP contribution in [-0.2, 0) is 0 Å². The van der Waals surface area contributed by atoms with Gasteiger partial charge in [0.1, 0.15) is 23.7 Å². The standard InChI is InChI=1S/C18H23N5O2/c1-25-15-6-4-14(5-7-15)18(24)20-9-8-19-16-12-17(22-13-21-16)23-10-2-3-11-23/h4-7,12-13H,2-3,8-11H2,1H3,(H,20,24)(H,19,21,22). The Hall–Kier alpha value is -2.83. The van der Waals surface area contributed by atoms with Gasteiger partial charge < -0.3 is 20.3 Å². The molecule has 0 radical (unpaired) electrons. The van der Waals surface area contributed by atoms with Gasteiger partial charge in [0.2, 0.25) is 0 Å². The van der Waals surface area contributed by atoms with E-state index in [2.05, 4.69) is 25.5 Å². The van der Waals surface area contributed by atoms with Crippen LogP contribution in [-0.4, -0.2) is 49.2 Å². The lowest BCUT2D eigenvalue weighted by Gasteiger charge is -2.16. The highest BCUT2D eigenvalue weighted by atomic mass is 16.5. The van der Waals surface area contributed by atoms with E-state index in [0.29, 0.717) is 18.7 Å². The maximum atomic E-state index is 12.1. The summed E-state index contributed by atoms with van der Waals surface area (Å²) in [5.41, 5.74) is 0.610. The van der Waals surface area contributed by atoms with Gasteiger partial charge in [-0.2, -0.15) is 0 Å². The lowest BCUT2D eigenvalue weighted by molar-refractivity contribution is 0.0955. The van der Waals surface area contributed by atoms with Crippen molar-refractivity contribution in [3.05, 3.63) is 42.2 Å². The summed E-state index contributed by atoms with van der Waals surface area (Å²) >= 11 is 0. The molecule has 0 aliphatic carbocycles. The molecule has 1 aromatic carbocycles. The minimum absolute atomic E-state index is 0.107. The van der Waals surface area contributed by atoms with Crippen molar-refractivity contribution in [2.24, 2.45) is 0 Å². The first kappa shape index (κ1) is 17.0. The van der Waals surface area contributed by atoms with E-state index in [9.17, 15) is 4.79 Å². The number of carbonyl (C=O) groups is 1. The highest BCUT2D eigenvalue weighted by molar-refractivity contribution is 5.94. The number of carbonyl (C=O) groups excluding carboxylic acids is 1. The number of aromatic nitrogens is 2. The maximum Gasteiger partial charge on any atom is 0.251 e. The van der Waals surface area contributed by atoms with E-state index >= 15 is 0 Å². The molecule has 25 heavy (non-hydrogen) atoms. The van der Waals surface area contributed by atoms with Gasteiger partial charge in [-0.15, -0.1) is 0 Å². The molecule has 132 valence electrons. The number of methoxy groups -OCH3 is 1. The fourth-order valence-electron chi connectivity index (χ4n) is 2.77. The van der Waals surface area contributed by atoms with Crippen LogP contribution in [0.2, 0.25) is 0 Å². The highest BCUT2D eigenvalue weighted by Gasteiger charge is 2.13. The summed E-state index contributed by atoms with van der Waals surface area (Å²) in [6.45, 7) is 3.20. The van der Waals surface area contributed by atoms with Crippen LogP contribution in [0.15, 0.2) is 36.7 Å². The summed E-state index contributed by atoms with van der Waals surface area (Å²) in [7, 11) is 1.60. The Morgan fingerprint density at radius 1 is 1.16 bits per heavy atom. The van der Waals surface area contributed by atoms with Gasteiger partial charge in [0.05, 0.1) is 7.11 Å². The lowest BCUT2D eigenvalue weighted by atomic mass is 10.2. The summed E-state index contributed by atoms with van der Waals surface area (Å²) in [4.78, 5) is 22.9. The first-order valence-electron chi connectivity index (χ1n) is 8.49. The second kappa shape index (κ2) is 8.32. The molecule has 7 heteroatoms. The zero-order valence-electron chi connectivity index (χ0n) is 14.4.